The number of aromatic nitrogens is 3. The molecule has 0 radical (unpaired) electrons. The van der Waals surface area contributed by atoms with Gasteiger partial charge in [-0.25, -0.2) is 0 Å². The molecule has 3 N–H and O–H groups in total. The summed E-state index contributed by atoms with van der Waals surface area (Å²) in [5.74, 6) is 0. The summed E-state index contributed by atoms with van der Waals surface area (Å²) >= 11 is 0. The number of aryl methyl sites for hydroxylation is 3. The van der Waals surface area contributed by atoms with Crippen molar-refractivity contribution in [2.45, 2.75) is 177 Å². The molecule has 378 valence electrons. The van der Waals surface area contributed by atoms with Crippen LogP contribution in [0.2, 0.25) is 0 Å². The number of unbranched alkanes of at least 4 members (excludes halogenated alkanes) is 6. The summed E-state index contributed by atoms with van der Waals surface area (Å²) in [6.07, 6.45) is 31.5. The molecule has 3 heterocycles. The molecule has 0 spiro atoms. The van der Waals surface area contributed by atoms with E-state index in [1.165, 1.54) is 125 Å². The van der Waals surface area contributed by atoms with E-state index in [9.17, 15) is 0 Å². The first-order valence-corrected chi connectivity index (χ1v) is 28.0. The fourth-order valence-electron chi connectivity index (χ4n) is 10.5. The van der Waals surface area contributed by atoms with Gasteiger partial charge >= 0.3 is 0 Å². The molecule has 6 heteroatoms. The lowest BCUT2D eigenvalue weighted by Gasteiger charge is -2.23. The molecule has 7 rings (SSSR count). The average Bonchev–Trinajstić information content (AvgIpc) is 3.41. The number of nitrogens with zero attached hydrogens (tertiary/aromatic N) is 3. The minimum atomic E-state index is 0.798. The van der Waals surface area contributed by atoms with Crippen LogP contribution in [-0.4, -0.2) is 0 Å². The van der Waals surface area contributed by atoms with Crippen LogP contribution in [0.15, 0.2) is 146 Å². The van der Waals surface area contributed by atoms with Gasteiger partial charge in [0.2, 0.25) is 0 Å². The fourth-order valence-corrected chi connectivity index (χ4v) is 10.5. The fraction of sp³-hybridized carbons (Fsp3) is 0.409. The van der Waals surface area contributed by atoms with Gasteiger partial charge in [-0.05, 0) is 126 Å². The van der Waals surface area contributed by atoms with E-state index in [1.807, 2.05) is 0 Å². The van der Waals surface area contributed by atoms with Crippen LogP contribution in [0.4, 0.5) is 17.1 Å². The second-order valence-corrected chi connectivity index (χ2v) is 20.1. The third-order valence-electron chi connectivity index (χ3n) is 14.6. The van der Waals surface area contributed by atoms with Gasteiger partial charge in [0.25, 0.3) is 0 Å². The topological polar surface area (TPSA) is 47.7 Å². The quantitative estimate of drug-likeness (QED) is 0.0311. The van der Waals surface area contributed by atoms with Gasteiger partial charge < -0.3 is 16.0 Å². The number of hydrogen-bond acceptors (Lipinski definition) is 3. The second kappa shape index (κ2) is 28.7. The van der Waals surface area contributed by atoms with E-state index >= 15 is 0 Å². The standard InChI is InChI=1S/C66H87N6/c1-7-13-16-22-52-28-34-55(35-29-52)43-67-58-25-19-40-70(46-58)49-64-61(10-4)65(50-71-41-20-26-59(47-71)68-44-56-36-30-53(31-37-56)23-17-14-8-2)63(12-6)66(62(64)11-5)51-72-42-21-27-60(48-72)69-45-57-38-32-54(33-39-57)24-18-15-9-3/h19-21,25-42,46-48,67-69H,7-18,22-24,43-45,49-51H2,1-6H3/q+3. The maximum Gasteiger partial charge on any atom is 0.192 e. The lowest BCUT2D eigenvalue weighted by molar-refractivity contribution is -0.690. The predicted molar refractivity (Wildman–Crippen MR) is 303 cm³/mol. The molecule has 72 heavy (non-hydrogen) atoms. The Morgan fingerprint density at radius 2 is 0.569 bits per heavy atom. The van der Waals surface area contributed by atoms with Crippen molar-refractivity contribution in [3.63, 3.8) is 0 Å². The maximum absolute atomic E-state index is 3.76. The van der Waals surface area contributed by atoms with Crippen LogP contribution in [-0.2, 0) is 77.8 Å². The Bertz CT molecular complexity index is 2380. The van der Waals surface area contributed by atoms with Crippen LogP contribution in [0, 0.1) is 0 Å². The summed E-state index contributed by atoms with van der Waals surface area (Å²) in [6, 6.07) is 40.8. The van der Waals surface area contributed by atoms with Crippen molar-refractivity contribution >= 4 is 17.1 Å². The van der Waals surface area contributed by atoms with E-state index in [4.69, 9.17) is 0 Å². The first-order valence-electron chi connectivity index (χ1n) is 28.0. The predicted octanol–water partition coefficient (Wildman–Crippen LogP) is 14.4. The largest absolute Gasteiger partial charge is 0.376 e. The van der Waals surface area contributed by atoms with Crippen LogP contribution in [0.3, 0.4) is 0 Å². The molecule has 0 atom stereocenters. The van der Waals surface area contributed by atoms with Gasteiger partial charge in [0.05, 0.1) is 17.1 Å². The van der Waals surface area contributed by atoms with Gasteiger partial charge in [0, 0.05) is 54.5 Å². The zero-order valence-electron chi connectivity index (χ0n) is 45.0. The Hall–Kier alpha value is -6.27. The van der Waals surface area contributed by atoms with E-state index in [0.717, 1.165) is 94.9 Å². The van der Waals surface area contributed by atoms with Gasteiger partial charge in [0.15, 0.2) is 56.8 Å². The molecule has 0 bridgehead atoms. The van der Waals surface area contributed by atoms with E-state index in [-0.39, 0.29) is 0 Å². The smallest absolute Gasteiger partial charge is 0.192 e. The van der Waals surface area contributed by atoms with Crippen molar-refractivity contribution in [1.29, 1.82) is 0 Å². The highest BCUT2D eigenvalue weighted by atomic mass is 15.0. The van der Waals surface area contributed by atoms with Crippen LogP contribution in [0.25, 0.3) is 0 Å². The van der Waals surface area contributed by atoms with Crippen molar-refractivity contribution in [1.82, 2.24) is 0 Å². The Balaban J connectivity index is 1.16. The average molecular weight is 964 g/mol. The first-order chi connectivity index (χ1) is 35.4. The van der Waals surface area contributed by atoms with Crippen molar-refractivity contribution in [2.24, 2.45) is 0 Å². The summed E-state index contributed by atoms with van der Waals surface area (Å²) in [6.45, 7) is 18.7. The molecule has 7 aromatic rings. The minimum Gasteiger partial charge on any atom is -0.376 e. The molecule has 0 saturated heterocycles. The zero-order valence-corrected chi connectivity index (χ0v) is 45.0. The van der Waals surface area contributed by atoms with Gasteiger partial charge in [-0.1, -0.05) is 153 Å². The van der Waals surface area contributed by atoms with Crippen LogP contribution in [0.1, 0.15) is 166 Å². The Morgan fingerprint density at radius 1 is 0.306 bits per heavy atom. The molecule has 0 aliphatic heterocycles. The van der Waals surface area contributed by atoms with Gasteiger partial charge in [0.1, 0.15) is 0 Å². The van der Waals surface area contributed by atoms with Crippen LogP contribution >= 0.6 is 0 Å². The number of anilines is 3. The lowest BCUT2D eigenvalue weighted by atomic mass is 9.83. The van der Waals surface area contributed by atoms with Crippen molar-refractivity contribution < 1.29 is 13.7 Å². The van der Waals surface area contributed by atoms with E-state index in [2.05, 4.69) is 218 Å². The number of pyridine rings is 3. The maximum atomic E-state index is 3.76. The highest BCUT2D eigenvalue weighted by Gasteiger charge is 2.27. The molecule has 0 amide bonds. The molecule has 3 aromatic heterocycles. The summed E-state index contributed by atoms with van der Waals surface area (Å²) in [7, 11) is 0. The van der Waals surface area contributed by atoms with Crippen molar-refractivity contribution in [2.75, 3.05) is 16.0 Å². The van der Waals surface area contributed by atoms with Gasteiger partial charge in [-0.15, -0.1) is 0 Å². The summed E-state index contributed by atoms with van der Waals surface area (Å²) < 4.78 is 7.20. The van der Waals surface area contributed by atoms with E-state index < -0.39 is 0 Å². The molecule has 4 aromatic carbocycles. The van der Waals surface area contributed by atoms with Crippen LogP contribution < -0.4 is 29.7 Å². The van der Waals surface area contributed by atoms with Crippen molar-refractivity contribution in [3.05, 3.63) is 213 Å². The number of hydrogen-bond donors (Lipinski definition) is 3. The Kier molecular flexibility index (Phi) is 21.3. The van der Waals surface area contributed by atoms with E-state index in [0.29, 0.717) is 0 Å². The lowest BCUT2D eigenvalue weighted by Crippen LogP contribution is -2.39. The summed E-state index contributed by atoms with van der Waals surface area (Å²) in [5.41, 5.74) is 20.5. The van der Waals surface area contributed by atoms with E-state index in [1.54, 1.807) is 0 Å². The number of nitrogens with one attached hydrogen (secondary N) is 3. The molecule has 0 aliphatic rings. The third-order valence-corrected chi connectivity index (χ3v) is 14.6. The molecular formula is C66H87N6+3. The highest BCUT2D eigenvalue weighted by Crippen LogP contribution is 2.31. The summed E-state index contributed by atoms with van der Waals surface area (Å²) in [5, 5.41) is 11.3. The molecule has 0 unspecified atom stereocenters. The minimum absolute atomic E-state index is 0.798. The zero-order chi connectivity index (χ0) is 50.3. The molecule has 0 fully saturated rings. The highest BCUT2D eigenvalue weighted by molar-refractivity contribution is 5.52. The third kappa shape index (κ3) is 15.9. The van der Waals surface area contributed by atoms with Gasteiger partial charge in [-0.3, -0.25) is 0 Å². The molecular weight excluding hydrogens is 877 g/mol. The monoisotopic (exact) mass is 964 g/mol. The number of benzene rings is 4. The SMILES string of the molecule is CCCCCc1ccc(CNc2ccc[n+](Cc3c(CC)c(C[n+]4cccc(NCc5ccc(CCCCC)cc5)c4)c(CC)c(C[n+]4cccc(NCc5ccc(CCCCC)cc5)c4)c3CC)c2)cc1. The number of rotatable bonds is 30. The Labute approximate surface area is 435 Å². The van der Waals surface area contributed by atoms with Gasteiger partial charge in [-0.2, -0.15) is 13.7 Å². The molecule has 0 aliphatic carbocycles. The Morgan fingerprint density at radius 3 is 0.819 bits per heavy atom. The normalized spacial score (nSPS) is 11.2. The molecule has 6 nitrogen and oxygen atoms in total. The van der Waals surface area contributed by atoms with Crippen molar-refractivity contribution in [3.8, 4) is 0 Å². The first kappa shape index (κ1) is 53.5. The second-order valence-electron chi connectivity index (χ2n) is 20.1. The van der Waals surface area contributed by atoms with Crippen LogP contribution in [0.5, 0.6) is 0 Å². The summed E-state index contributed by atoms with van der Waals surface area (Å²) in [4.78, 5) is 0. The molecule has 0 saturated carbocycles.